The van der Waals surface area contributed by atoms with Gasteiger partial charge < -0.3 is 9.47 Å². The number of benzene rings is 1. The fourth-order valence-corrected chi connectivity index (χ4v) is 2.47. The normalized spacial score (nSPS) is 16.2. The Balaban J connectivity index is 2.25. The third kappa shape index (κ3) is 4.01. The molecule has 0 radical (unpaired) electrons. The molecule has 5 nitrogen and oxygen atoms in total. The van der Waals surface area contributed by atoms with E-state index in [0.29, 0.717) is 29.6 Å². The molecular weight excluding hydrogens is 290 g/mol. The van der Waals surface area contributed by atoms with Crippen LogP contribution in [0, 0.1) is 0 Å². The number of nitrogens with one attached hydrogen (secondary N) is 1. The largest absolute Gasteiger partial charge is 0.490 e. The number of hydrogen-bond acceptors (Lipinski definition) is 5. The molecule has 1 heterocycles. The van der Waals surface area contributed by atoms with E-state index in [9.17, 15) is 9.59 Å². The van der Waals surface area contributed by atoms with E-state index in [2.05, 4.69) is 5.32 Å². The molecule has 0 bridgehead atoms. The van der Waals surface area contributed by atoms with E-state index in [-0.39, 0.29) is 11.1 Å². The Bertz CT molecular complexity index is 583. The first kappa shape index (κ1) is 15.4. The highest BCUT2D eigenvalue weighted by atomic mass is 32.2. The Hall–Kier alpha value is -1.95. The van der Waals surface area contributed by atoms with Gasteiger partial charge in [0.25, 0.3) is 11.1 Å². The number of thioether (sulfide) groups is 1. The quantitative estimate of drug-likeness (QED) is 0.818. The zero-order valence-corrected chi connectivity index (χ0v) is 12.8. The van der Waals surface area contributed by atoms with Crippen LogP contribution in [0.3, 0.4) is 0 Å². The van der Waals surface area contributed by atoms with Crippen LogP contribution in [0.4, 0.5) is 4.79 Å². The van der Waals surface area contributed by atoms with Crippen molar-refractivity contribution in [2.75, 3.05) is 13.2 Å². The van der Waals surface area contributed by atoms with Gasteiger partial charge in [-0.15, -0.1) is 0 Å². The molecule has 0 atom stereocenters. The van der Waals surface area contributed by atoms with Gasteiger partial charge in [-0.05, 0) is 48.9 Å². The van der Waals surface area contributed by atoms with Crippen LogP contribution < -0.4 is 14.8 Å². The minimum absolute atomic E-state index is 0.348. The van der Waals surface area contributed by atoms with Crippen molar-refractivity contribution in [2.24, 2.45) is 0 Å². The molecule has 21 heavy (non-hydrogen) atoms. The fourth-order valence-electron chi connectivity index (χ4n) is 1.79. The molecule has 0 saturated carbocycles. The Morgan fingerprint density at radius 3 is 2.62 bits per heavy atom. The first-order valence-electron chi connectivity index (χ1n) is 6.78. The van der Waals surface area contributed by atoms with Crippen molar-refractivity contribution in [1.29, 1.82) is 0 Å². The lowest BCUT2D eigenvalue weighted by Crippen LogP contribution is -2.17. The Morgan fingerprint density at radius 2 is 2.00 bits per heavy atom. The fraction of sp³-hybridized carbons (Fsp3) is 0.333. The van der Waals surface area contributed by atoms with Crippen molar-refractivity contribution in [3.05, 3.63) is 28.7 Å². The molecule has 1 aliphatic rings. The topological polar surface area (TPSA) is 64.6 Å². The van der Waals surface area contributed by atoms with Gasteiger partial charge >= 0.3 is 0 Å². The molecule has 1 aromatic rings. The lowest BCUT2D eigenvalue weighted by Gasteiger charge is -2.12. The van der Waals surface area contributed by atoms with Crippen molar-refractivity contribution in [1.82, 2.24) is 5.32 Å². The maximum atomic E-state index is 11.5. The number of ether oxygens (including phenoxy) is 2. The highest BCUT2D eigenvalue weighted by Gasteiger charge is 2.25. The highest BCUT2D eigenvalue weighted by molar-refractivity contribution is 8.18. The van der Waals surface area contributed by atoms with Crippen molar-refractivity contribution >= 4 is 29.0 Å². The Labute approximate surface area is 127 Å². The molecule has 0 unspecified atom stereocenters. The average molecular weight is 307 g/mol. The summed E-state index contributed by atoms with van der Waals surface area (Å²) in [7, 11) is 0. The molecule has 2 rings (SSSR count). The Morgan fingerprint density at radius 1 is 1.19 bits per heavy atom. The molecule has 112 valence electrons. The van der Waals surface area contributed by atoms with Crippen LogP contribution in [0.2, 0.25) is 0 Å². The van der Waals surface area contributed by atoms with Gasteiger partial charge in [-0.3, -0.25) is 14.9 Å². The van der Waals surface area contributed by atoms with Gasteiger partial charge in [0.15, 0.2) is 11.5 Å². The molecule has 6 heteroatoms. The molecule has 0 aromatic heterocycles. The summed E-state index contributed by atoms with van der Waals surface area (Å²) in [4.78, 5) is 23.1. The maximum absolute atomic E-state index is 11.5. The lowest BCUT2D eigenvalue weighted by atomic mass is 10.2. The monoisotopic (exact) mass is 307 g/mol. The van der Waals surface area contributed by atoms with E-state index in [1.54, 1.807) is 12.1 Å². The zero-order chi connectivity index (χ0) is 15.2. The second-order valence-electron chi connectivity index (χ2n) is 4.34. The predicted octanol–water partition coefficient (Wildman–Crippen LogP) is 3.20. The van der Waals surface area contributed by atoms with E-state index >= 15 is 0 Å². The third-order valence-electron chi connectivity index (χ3n) is 2.67. The third-order valence-corrected chi connectivity index (χ3v) is 3.48. The van der Waals surface area contributed by atoms with Crippen LogP contribution in [0.1, 0.15) is 25.8 Å². The van der Waals surface area contributed by atoms with E-state index in [0.717, 1.165) is 23.7 Å². The lowest BCUT2D eigenvalue weighted by molar-refractivity contribution is -0.115. The second kappa shape index (κ2) is 7.17. The molecule has 0 spiro atoms. The van der Waals surface area contributed by atoms with Crippen LogP contribution in [0.5, 0.6) is 11.5 Å². The maximum Gasteiger partial charge on any atom is 0.290 e. The molecule has 1 saturated heterocycles. The average Bonchev–Trinajstić information content (AvgIpc) is 2.76. The summed E-state index contributed by atoms with van der Waals surface area (Å²) in [5.41, 5.74) is 0.787. The van der Waals surface area contributed by atoms with Crippen LogP contribution in [-0.4, -0.2) is 24.4 Å². The van der Waals surface area contributed by atoms with Crippen LogP contribution in [0.15, 0.2) is 23.1 Å². The summed E-state index contributed by atoms with van der Waals surface area (Å²) in [6, 6.07) is 5.45. The summed E-state index contributed by atoms with van der Waals surface area (Å²) >= 11 is 0.895. The minimum Gasteiger partial charge on any atom is -0.490 e. The van der Waals surface area contributed by atoms with E-state index < -0.39 is 0 Å². The number of amides is 2. The van der Waals surface area contributed by atoms with E-state index in [1.165, 1.54) is 0 Å². The first-order chi connectivity index (χ1) is 10.1. The van der Waals surface area contributed by atoms with Gasteiger partial charge in [0.1, 0.15) is 0 Å². The summed E-state index contributed by atoms with van der Waals surface area (Å²) in [5.74, 6) is 0.949. The first-order valence-corrected chi connectivity index (χ1v) is 7.60. The van der Waals surface area contributed by atoms with Gasteiger partial charge in [0.2, 0.25) is 0 Å². The molecule has 1 N–H and O–H groups in total. The molecule has 1 aliphatic heterocycles. The molecule has 1 aromatic carbocycles. The van der Waals surface area contributed by atoms with Gasteiger partial charge in [0, 0.05) is 0 Å². The van der Waals surface area contributed by atoms with Crippen molar-refractivity contribution < 1.29 is 19.1 Å². The van der Waals surface area contributed by atoms with E-state index in [4.69, 9.17) is 9.47 Å². The van der Waals surface area contributed by atoms with Crippen molar-refractivity contribution in [3.63, 3.8) is 0 Å². The van der Waals surface area contributed by atoms with Crippen LogP contribution >= 0.6 is 11.8 Å². The number of carbonyl (C=O) groups excluding carboxylic acids is 2. The molecule has 2 amide bonds. The number of imide groups is 1. The van der Waals surface area contributed by atoms with Crippen LogP contribution in [-0.2, 0) is 4.79 Å². The van der Waals surface area contributed by atoms with Gasteiger partial charge in [-0.25, -0.2) is 0 Å². The van der Waals surface area contributed by atoms with Gasteiger partial charge in [-0.1, -0.05) is 13.0 Å². The number of carbonyl (C=O) groups is 2. The van der Waals surface area contributed by atoms with Crippen molar-refractivity contribution in [2.45, 2.75) is 20.3 Å². The molecular formula is C15H17NO4S. The van der Waals surface area contributed by atoms with Gasteiger partial charge in [-0.2, -0.15) is 0 Å². The Kier molecular flexibility index (Phi) is 5.27. The van der Waals surface area contributed by atoms with Crippen LogP contribution in [0.25, 0.3) is 6.08 Å². The molecule has 1 fully saturated rings. The molecule has 0 aliphatic carbocycles. The standard InChI is InChI=1S/C15H17NO4S/c1-3-7-20-11-6-5-10(8-12(11)19-4-2)9-13-14(17)16-15(18)21-13/h5-6,8-9H,3-4,7H2,1-2H3,(H,16,17,18)/b13-9-. The number of hydrogen-bond donors (Lipinski definition) is 1. The summed E-state index contributed by atoms with van der Waals surface area (Å²) in [6.07, 6.45) is 2.58. The van der Waals surface area contributed by atoms with Crippen molar-refractivity contribution in [3.8, 4) is 11.5 Å². The summed E-state index contributed by atoms with van der Waals surface area (Å²) in [5, 5.41) is 1.88. The van der Waals surface area contributed by atoms with Gasteiger partial charge in [0.05, 0.1) is 18.1 Å². The SMILES string of the molecule is CCCOc1ccc(/C=C2\SC(=O)NC2=O)cc1OCC. The summed E-state index contributed by atoms with van der Waals surface area (Å²) in [6.45, 7) is 5.07. The highest BCUT2D eigenvalue weighted by Crippen LogP contribution is 2.31. The minimum atomic E-state index is -0.366. The zero-order valence-electron chi connectivity index (χ0n) is 12.0. The van der Waals surface area contributed by atoms with E-state index in [1.807, 2.05) is 26.0 Å². The smallest absolute Gasteiger partial charge is 0.290 e. The predicted molar refractivity (Wildman–Crippen MR) is 82.5 cm³/mol. The number of rotatable bonds is 6. The second-order valence-corrected chi connectivity index (χ2v) is 5.35. The summed E-state index contributed by atoms with van der Waals surface area (Å²) < 4.78 is 11.2.